The van der Waals surface area contributed by atoms with Crippen molar-refractivity contribution in [2.45, 2.75) is 38.8 Å². The highest BCUT2D eigenvalue weighted by atomic mass is 16.2. The lowest BCUT2D eigenvalue weighted by atomic mass is 9.79. The molecule has 5 rings (SSSR count). The highest BCUT2D eigenvalue weighted by Gasteiger charge is 2.47. The first-order chi connectivity index (χ1) is 14.5. The van der Waals surface area contributed by atoms with Crippen molar-refractivity contribution >= 4 is 17.3 Å². The molecule has 5 nitrogen and oxygen atoms in total. The number of fused-ring (bicyclic) bond motifs is 1. The quantitative estimate of drug-likeness (QED) is 0.669. The number of carbonyl (C=O) groups excluding carboxylic acids is 1. The fourth-order valence-corrected chi connectivity index (χ4v) is 5.03. The molecule has 3 atom stereocenters. The van der Waals surface area contributed by atoms with Crippen molar-refractivity contribution in [3.63, 3.8) is 0 Å². The number of para-hydroxylation sites is 1. The highest BCUT2D eigenvalue weighted by molar-refractivity contribution is 5.94. The summed E-state index contributed by atoms with van der Waals surface area (Å²) in [4.78, 5) is 14.8. The number of amides is 1. The summed E-state index contributed by atoms with van der Waals surface area (Å²) in [5, 5.41) is 8.11. The van der Waals surface area contributed by atoms with Crippen molar-refractivity contribution in [1.82, 2.24) is 9.78 Å². The smallest absolute Gasteiger partial charge is 0.224 e. The molecule has 2 unspecified atom stereocenters. The molecule has 2 aliphatic rings. The Kier molecular flexibility index (Phi) is 4.61. The number of carbonyl (C=O) groups is 1. The lowest BCUT2D eigenvalue weighted by molar-refractivity contribution is -0.117. The molecule has 1 amide bonds. The van der Waals surface area contributed by atoms with Crippen LogP contribution in [0, 0.1) is 11.8 Å². The predicted molar refractivity (Wildman–Crippen MR) is 120 cm³/mol. The van der Waals surface area contributed by atoms with E-state index in [1.54, 1.807) is 6.92 Å². The fourth-order valence-electron chi connectivity index (χ4n) is 5.03. The van der Waals surface area contributed by atoms with E-state index in [4.69, 9.17) is 0 Å². The number of aromatic nitrogens is 2. The predicted octanol–water partition coefficient (Wildman–Crippen LogP) is 5.02. The maximum absolute atomic E-state index is 12.8. The van der Waals surface area contributed by atoms with Crippen LogP contribution in [0.3, 0.4) is 0 Å². The molecule has 2 aromatic carbocycles. The summed E-state index contributed by atoms with van der Waals surface area (Å²) in [5.41, 5.74) is 5.55. The fraction of sp³-hybridized carbons (Fsp3) is 0.360. The van der Waals surface area contributed by atoms with Gasteiger partial charge in [-0.1, -0.05) is 31.2 Å². The van der Waals surface area contributed by atoms with Crippen LogP contribution in [0.5, 0.6) is 0 Å². The van der Waals surface area contributed by atoms with Gasteiger partial charge in [0.1, 0.15) is 0 Å². The third-order valence-corrected chi connectivity index (χ3v) is 6.56. The molecule has 0 spiro atoms. The molecule has 5 heteroatoms. The molecular formula is C25H28N4O. The molecule has 2 heterocycles. The summed E-state index contributed by atoms with van der Waals surface area (Å²) in [6.45, 7) is 3.99. The molecule has 1 saturated carbocycles. The van der Waals surface area contributed by atoms with E-state index in [0.717, 1.165) is 22.5 Å². The number of hydrogen-bond acceptors (Lipinski definition) is 3. The average Bonchev–Trinajstić information content (AvgIpc) is 3.49. The second-order valence-electron chi connectivity index (χ2n) is 8.74. The van der Waals surface area contributed by atoms with Gasteiger partial charge in [0.2, 0.25) is 5.91 Å². The van der Waals surface area contributed by atoms with Gasteiger partial charge in [-0.2, -0.15) is 5.10 Å². The largest absolute Gasteiger partial charge is 0.378 e. The Morgan fingerprint density at radius 2 is 1.87 bits per heavy atom. The van der Waals surface area contributed by atoms with Gasteiger partial charge in [-0.3, -0.25) is 9.48 Å². The number of hydrogen-bond donors (Lipinski definition) is 1. The van der Waals surface area contributed by atoms with E-state index in [-0.39, 0.29) is 18.0 Å². The first-order valence-electron chi connectivity index (χ1n) is 10.8. The van der Waals surface area contributed by atoms with Crippen LogP contribution < -0.4 is 10.2 Å². The van der Waals surface area contributed by atoms with E-state index in [1.165, 1.54) is 18.4 Å². The van der Waals surface area contributed by atoms with E-state index >= 15 is 0 Å². The maximum atomic E-state index is 12.8. The molecule has 30 heavy (non-hydrogen) atoms. The van der Waals surface area contributed by atoms with E-state index in [1.807, 2.05) is 30.2 Å². The topological polar surface area (TPSA) is 50.2 Å². The number of rotatable bonds is 4. The zero-order chi connectivity index (χ0) is 20.8. The summed E-state index contributed by atoms with van der Waals surface area (Å²) in [6, 6.07) is 17.2. The summed E-state index contributed by atoms with van der Waals surface area (Å²) in [7, 11) is 1.93. The van der Waals surface area contributed by atoms with Gasteiger partial charge in [0.25, 0.3) is 0 Å². The number of aryl methyl sites for hydroxylation is 1. The first kappa shape index (κ1) is 18.9. The monoisotopic (exact) mass is 400 g/mol. The molecule has 0 radical (unpaired) electrons. The van der Waals surface area contributed by atoms with E-state index < -0.39 is 0 Å². The van der Waals surface area contributed by atoms with E-state index in [9.17, 15) is 4.79 Å². The van der Waals surface area contributed by atoms with Gasteiger partial charge >= 0.3 is 0 Å². The SMILES string of the molecule is CC(=O)N1c2ccc(-c3cnn(C)c3)cc2C(Nc2ccccc2)[C@@H](C)C1C1CC1. The second-order valence-corrected chi connectivity index (χ2v) is 8.74. The molecule has 1 N–H and O–H groups in total. The van der Waals surface area contributed by atoms with Crippen molar-refractivity contribution in [2.24, 2.45) is 18.9 Å². The first-order valence-corrected chi connectivity index (χ1v) is 10.8. The van der Waals surface area contributed by atoms with Crippen molar-refractivity contribution in [3.8, 4) is 11.1 Å². The Labute approximate surface area is 177 Å². The summed E-state index contributed by atoms with van der Waals surface area (Å²) in [5.74, 6) is 1.03. The number of nitrogens with one attached hydrogen (secondary N) is 1. The number of anilines is 2. The van der Waals surface area contributed by atoms with Gasteiger partial charge in [0, 0.05) is 49.1 Å². The van der Waals surface area contributed by atoms with E-state index in [0.29, 0.717) is 11.8 Å². The Morgan fingerprint density at radius 3 is 2.50 bits per heavy atom. The lowest BCUT2D eigenvalue weighted by Crippen LogP contribution is -2.51. The van der Waals surface area contributed by atoms with Crippen LogP contribution in [-0.4, -0.2) is 21.7 Å². The standard InChI is InChI=1S/C25H28N4O/c1-16-24(27-21-7-5-4-6-8-21)22-13-19(20-14-26-28(3)15-20)11-12-23(22)29(17(2)30)25(16)18-9-10-18/h4-8,11-16,18,24-25,27H,9-10H2,1-3H3/t16-,24?,25?/m1/s1. The van der Waals surface area contributed by atoms with Crippen LogP contribution in [0.25, 0.3) is 11.1 Å². The van der Waals surface area contributed by atoms with Crippen LogP contribution in [0.4, 0.5) is 11.4 Å². The normalized spacial score (nSPS) is 23.2. The van der Waals surface area contributed by atoms with Gasteiger partial charge in [-0.15, -0.1) is 0 Å². The molecule has 154 valence electrons. The zero-order valence-electron chi connectivity index (χ0n) is 17.7. The van der Waals surface area contributed by atoms with Gasteiger partial charge in [-0.05, 0) is 54.2 Å². The van der Waals surface area contributed by atoms with Gasteiger partial charge in [0.15, 0.2) is 0 Å². The van der Waals surface area contributed by atoms with Crippen molar-refractivity contribution < 1.29 is 4.79 Å². The summed E-state index contributed by atoms with van der Waals surface area (Å²) >= 11 is 0. The van der Waals surface area contributed by atoms with Crippen LogP contribution in [0.2, 0.25) is 0 Å². The van der Waals surface area contributed by atoms with E-state index in [2.05, 4.69) is 64.7 Å². The van der Waals surface area contributed by atoms with Gasteiger partial charge < -0.3 is 10.2 Å². The van der Waals surface area contributed by atoms with Gasteiger partial charge in [0.05, 0.1) is 12.2 Å². The van der Waals surface area contributed by atoms with Crippen LogP contribution >= 0.6 is 0 Å². The third kappa shape index (κ3) is 3.28. The Hall–Kier alpha value is -3.08. The van der Waals surface area contributed by atoms with Crippen LogP contribution in [-0.2, 0) is 11.8 Å². The number of benzene rings is 2. The summed E-state index contributed by atoms with van der Waals surface area (Å²) < 4.78 is 1.82. The van der Waals surface area contributed by atoms with Crippen molar-refractivity contribution in [1.29, 1.82) is 0 Å². The highest BCUT2D eigenvalue weighted by Crippen LogP contribution is 2.50. The zero-order valence-corrected chi connectivity index (χ0v) is 17.7. The molecule has 3 aromatic rings. The molecular weight excluding hydrogens is 372 g/mol. The Balaban J connectivity index is 1.64. The molecule has 0 bridgehead atoms. The average molecular weight is 401 g/mol. The molecule has 1 aliphatic heterocycles. The lowest BCUT2D eigenvalue weighted by Gasteiger charge is -2.46. The summed E-state index contributed by atoms with van der Waals surface area (Å²) in [6.07, 6.45) is 6.34. The molecule has 1 fully saturated rings. The van der Waals surface area contributed by atoms with Crippen molar-refractivity contribution in [3.05, 3.63) is 66.5 Å². The minimum absolute atomic E-state index is 0.132. The Morgan fingerprint density at radius 1 is 1.10 bits per heavy atom. The van der Waals surface area contributed by atoms with Crippen LogP contribution in [0.1, 0.15) is 38.3 Å². The van der Waals surface area contributed by atoms with Crippen LogP contribution in [0.15, 0.2) is 60.9 Å². The van der Waals surface area contributed by atoms with Crippen molar-refractivity contribution in [2.75, 3.05) is 10.2 Å². The maximum Gasteiger partial charge on any atom is 0.224 e. The minimum Gasteiger partial charge on any atom is -0.378 e. The molecule has 1 aromatic heterocycles. The molecule has 0 saturated heterocycles. The third-order valence-electron chi connectivity index (χ3n) is 6.56. The Bertz CT molecular complexity index is 1070. The number of nitrogens with zero attached hydrogens (tertiary/aromatic N) is 3. The second kappa shape index (κ2) is 7.31. The molecule has 1 aliphatic carbocycles. The van der Waals surface area contributed by atoms with Gasteiger partial charge in [-0.25, -0.2) is 0 Å². The minimum atomic E-state index is 0.132.